The van der Waals surface area contributed by atoms with E-state index in [-0.39, 0.29) is 6.10 Å². The normalized spacial score (nSPS) is 45.6. The second kappa shape index (κ2) is 5.05. The molecule has 0 aromatic rings. The molecule has 0 radical (unpaired) electrons. The molecule has 1 N–H and O–H groups in total. The van der Waals surface area contributed by atoms with Crippen LogP contribution in [-0.4, -0.2) is 23.9 Å². The Hall–Kier alpha value is -0.0800. The minimum Gasteiger partial charge on any atom is -0.387 e. The van der Waals surface area contributed by atoms with Gasteiger partial charge < -0.3 is 9.84 Å². The molecule has 0 aliphatic heterocycles. The first-order valence-electron chi connectivity index (χ1n) is 6.92. The summed E-state index contributed by atoms with van der Waals surface area (Å²) in [4.78, 5) is 0. The van der Waals surface area contributed by atoms with Crippen LogP contribution in [0.3, 0.4) is 0 Å². The molecule has 0 spiro atoms. The molecule has 4 unspecified atom stereocenters. The van der Waals surface area contributed by atoms with Crippen LogP contribution >= 0.6 is 0 Å². The quantitative estimate of drug-likeness (QED) is 0.784. The third kappa shape index (κ3) is 2.28. The fourth-order valence-electron chi connectivity index (χ4n) is 3.83. The highest BCUT2D eigenvalue weighted by atomic mass is 16.5. The van der Waals surface area contributed by atoms with Crippen LogP contribution in [0.25, 0.3) is 0 Å². The van der Waals surface area contributed by atoms with Gasteiger partial charge in [-0.1, -0.05) is 32.6 Å². The van der Waals surface area contributed by atoms with Gasteiger partial charge in [0, 0.05) is 7.11 Å². The smallest absolute Gasteiger partial charge is 0.0936 e. The molecule has 2 heteroatoms. The maximum absolute atomic E-state index is 10.9. The second-order valence-electron chi connectivity index (χ2n) is 5.93. The predicted octanol–water partition coefficient (Wildman–Crippen LogP) is 3.13. The third-order valence-corrected chi connectivity index (χ3v) is 4.78. The summed E-state index contributed by atoms with van der Waals surface area (Å²) >= 11 is 0. The Morgan fingerprint density at radius 2 is 1.94 bits per heavy atom. The maximum atomic E-state index is 10.9. The highest BCUT2D eigenvalue weighted by Crippen LogP contribution is 2.44. The van der Waals surface area contributed by atoms with Crippen molar-refractivity contribution in [3.8, 4) is 0 Å². The Morgan fingerprint density at radius 3 is 2.62 bits per heavy atom. The van der Waals surface area contributed by atoms with Gasteiger partial charge in [0.05, 0.1) is 11.7 Å². The van der Waals surface area contributed by atoms with Crippen molar-refractivity contribution in [2.45, 2.75) is 70.0 Å². The van der Waals surface area contributed by atoms with Gasteiger partial charge in [-0.3, -0.25) is 0 Å². The van der Waals surface area contributed by atoms with Crippen molar-refractivity contribution < 1.29 is 9.84 Å². The van der Waals surface area contributed by atoms with Crippen molar-refractivity contribution in [3.05, 3.63) is 0 Å². The van der Waals surface area contributed by atoms with Crippen LogP contribution in [0.5, 0.6) is 0 Å². The lowest BCUT2D eigenvalue weighted by molar-refractivity contribution is -0.158. The second-order valence-corrected chi connectivity index (χ2v) is 5.93. The van der Waals surface area contributed by atoms with Crippen LogP contribution in [0.1, 0.15) is 58.3 Å². The molecule has 2 nitrogen and oxygen atoms in total. The fourth-order valence-corrected chi connectivity index (χ4v) is 3.83. The van der Waals surface area contributed by atoms with Crippen LogP contribution < -0.4 is 0 Å². The summed E-state index contributed by atoms with van der Waals surface area (Å²) in [6.45, 7) is 2.32. The Kier molecular flexibility index (Phi) is 3.91. The fraction of sp³-hybridized carbons (Fsp3) is 1.00. The number of ether oxygens (including phenoxy) is 1. The van der Waals surface area contributed by atoms with Crippen molar-refractivity contribution >= 4 is 0 Å². The van der Waals surface area contributed by atoms with Gasteiger partial charge in [-0.2, -0.15) is 0 Å². The topological polar surface area (TPSA) is 29.5 Å². The Balaban J connectivity index is 2.08. The van der Waals surface area contributed by atoms with E-state index in [1.54, 1.807) is 7.11 Å². The lowest BCUT2D eigenvalue weighted by Crippen LogP contribution is -2.52. The Bertz CT molecular complexity index is 229. The van der Waals surface area contributed by atoms with E-state index in [0.29, 0.717) is 5.92 Å². The predicted molar refractivity (Wildman–Crippen MR) is 65.3 cm³/mol. The summed E-state index contributed by atoms with van der Waals surface area (Å²) in [6.07, 6.45) is 9.45. The minimum absolute atomic E-state index is 0.0801. The van der Waals surface area contributed by atoms with Gasteiger partial charge in [-0.15, -0.1) is 0 Å². The number of rotatable bonds is 2. The van der Waals surface area contributed by atoms with E-state index in [1.165, 1.54) is 38.5 Å². The summed E-state index contributed by atoms with van der Waals surface area (Å²) in [5, 5.41) is 10.9. The molecule has 0 aromatic carbocycles. The van der Waals surface area contributed by atoms with Crippen LogP contribution in [-0.2, 0) is 4.74 Å². The number of methoxy groups -OCH3 is 1. The SMILES string of the molecule is COC1CCCCC1(O)C1CCCC(C)C1. The Labute approximate surface area is 99.4 Å². The van der Waals surface area contributed by atoms with Crippen molar-refractivity contribution in [3.63, 3.8) is 0 Å². The standard InChI is InChI=1S/C14H26O2/c1-11-6-5-7-12(10-11)14(15)9-4-3-8-13(14)16-2/h11-13,15H,3-10H2,1-2H3. The molecule has 94 valence electrons. The van der Waals surface area contributed by atoms with E-state index in [4.69, 9.17) is 4.74 Å². The van der Waals surface area contributed by atoms with Crippen LogP contribution in [0, 0.1) is 11.8 Å². The van der Waals surface area contributed by atoms with Crippen LogP contribution in [0.15, 0.2) is 0 Å². The molecular weight excluding hydrogens is 200 g/mol. The molecular formula is C14H26O2. The summed E-state index contributed by atoms with van der Waals surface area (Å²) in [5.74, 6) is 1.25. The van der Waals surface area contributed by atoms with Crippen molar-refractivity contribution in [1.29, 1.82) is 0 Å². The highest BCUT2D eigenvalue weighted by Gasteiger charge is 2.46. The average molecular weight is 226 g/mol. The molecule has 0 saturated heterocycles. The number of aliphatic hydroxyl groups is 1. The first kappa shape index (κ1) is 12.4. The molecule has 4 atom stereocenters. The Morgan fingerprint density at radius 1 is 1.12 bits per heavy atom. The van der Waals surface area contributed by atoms with Crippen molar-refractivity contribution in [2.24, 2.45) is 11.8 Å². The number of hydrogen-bond donors (Lipinski definition) is 1. The number of hydrogen-bond acceptors (Lipinski definition) is 2. The molecule has 16 heavy (non-hydrogen) atoms. The third-order valence-electron chi connectivity index (χ3n) is 4.78. The molecule has 2 fully saturated rings. The first-order chi connectivity index (χ1) is 7.66. The highest BCUT2D eigenvalue weighted by molar-refractivity contribution is 4.97. The maximum Gasteiger partial charge on any atom is 0.0936 e. The minimum atomic E-state index is -0.526. The van der Waals surface area contributed by atoms with Gasteiger partial charge in [0.25, 0.3) is 0 Å². The van der Waals surface area contributed by atoms with Gasteiger partial charge >= 0.3 is 0 Å². The molecule has 0 aromatic heterocycles. The molecule has 2 aliphatic carbocycles. The largest absolute Gasteiger partial charge is 0.387 e. The molecule has 0 heterocycles. The first-order valence-corrected chi connectivity index (χ1v) is 6.92. The molecule has 2 saturated carbocycles. The van der Waals surface area contributed by atoms with Crippen LogP contribution in [0.4, 0.5) is 0 Å². The van der Waals surface area contributed by atoms with Gasteiger partial charge in [-0.25, -0.2) is 0 Å². The lowest BCUT2D eigenvalue weighted by atomic mass is 9.66. The summed E-state index contributed by atoms with van der Waals surface area (Å²) < 4.78 is 5.55. The van der Waals surface area contributed by atoms with Gasteiger partial charge in [0.1, 0.15) is 0 Å². The van der Waals surface area contributed by atoms with Gasteiger partial charge in [0.15, 0.2) is 0 Å². The van der Waals surface area contributed by atoms with Crippen LogP contribution in [0.2, 0.25) is 0 Å². The summed E-state index contributed by atoms with van der Waals surface area (Å²) in [6, 6.07) is 0. The van der Waals surface area contributed by atoms with E-state index >= 15 is 0 Å². The zero-order chi connectivity index (χ0) is 11.6. The molecule has 0 bridgehead atoms. The van der Waals surface area contributed by atoms with Gasteiger partial charge in [-0.05, 0) is 37.5 Å². The molecule has 2 aliphatic rings. The zero-order valence-corrected chi connectivity index (χ0v) is 10.7. The van der Waals surface area contributed by atoms with E-state index < -0.39 is 5.60 Å². The summed E-state index contributed by atoms with van der Waals surface area (Å²) in [5.41, 5.74) is -0.526. The van der Waals surface area contributed by atoms with Gasteiger partial charge in [0.2, 0.25) is 0 Å². The van der Waals surface area contributed by atoms with E-state index in [9.17, 15) is 5.11 Å². The zero-order valence-electron chi connectivity index (χ0n) is 10.7. The monoisotopic (exact) mass is 226 g/mol. The van der Waals surface area contributed by atoms with E-state index in [2.05, 4.69) is 6.92 Å². The van der Waals surface area contributed by atoms with E-state index in [1.807, 2.05) is 0 Å². The summed E-state index contributed by atoms with van der Waals surface area (Å²) in [7, 11) is 1.76. The van der Waals surface area contributed by atoms with E-state index in [0.717, 1.165) is 18.8 Å². The molecule has 2 rings (SSSR count). The van der Waals surface area contributed by atoms with Crippen molar-refractivity contribution in [1.82, 2.24) is 0 Å². The molecule has 0 amide bonds. The average Bonchev–Trinajstić information content (AvgIpc) is 2.30. The van der Waals surface area contributed by atoms with Crippen molar-refractivity contribution in [2.75, 3.05) is 7.11 Å². The lowest BCUT2D eigenvalue weighted by Gasteiger charge is -2.47.